The molecule has 8 heteroatoms. The summed E-state index contributed by atoms with van der Waals surface area (Å²) in [5.74, 6) is -1.48. The summed E-state index contributed by atoms with van der Waals surface area (Å²) in [5.41, 5.74) is -2.94. The number of aromatic carboxylic acids is 1. The van der Waals surface area contributed by atoms with Crippen LogP contribution in [-0.4, -0.2) is 20.9 Å². The van der Waals surface area contributed by atoms with Gasteiger partial charge in [-0.1, -0.05) is 19.1 Å². The Morgan fingerprint density at radius 3 is 2.43 bits per heavy atom. The first-order valence-corrected chi connectivity index (χ1v) is 6.01. The average Bonchev–Trinajstić information content (AvgIpc) is 2.74. The maximum Gasteiger partial charge on any atom is 0.418 e. The normalized spacial score (nSPS) is 11.6. The first-order chi connectivity index (χ1) is 9.77. The van der Waals surface area contributed by atoms with Crippen LogP contribution in [0.2, 0.25) is 0 Å². The lowest BCUT2D eigenvalue weighted by atomic mass is 10.1. The fraction of sp³-hybridized carbons (Fsp3) is 0.231. The number of hydrogen-bond acceptors (Lipinski definition) is 2. The maximum absolute atomic E-state index is 13.0. The largest absolute Gasteiger partial charge is 0.477 e. The molecule has 2 N–H and O–H groups in total. The molecule has 0 saturated heterocycles. The summed E-state index contributed by atoms with van der Waals surface area (Å²) in [7, 11) is 0. The highest BCUT2D eigenvalue weighted by atomic mass is 19.4. The van der Waals surface area contributed by atoms with E-state index in [1.54, 1.807) is 6.92 Å². The molecule has 2 aromatic rings. The molecule has 0 fully saturated rings. The van der Waals surface area contributed by atoms with E-state index in [4.69, 9.17) is 5.11 Å². The molecule has 0 aliphatic heterocycles. The van der Waals surface area contributed by atoms with Crippen molar-refractivity contribution in [2.45, 2.75) is 19.5 Å². The highest BCUT2D eigenvalue weighted by Crippen LogP contribution is 2.33. The van der Waals surface area contributed by atoms with Crippen LogP contribution in [-0.2, 0) is 12.6 Å². The Bertz CT molecular complexity index is 744. The van der Waals surface area contributed by atoms with Crippen molar-refractivity contribution in [1.29, 1.82) is 0 Å². The molecule has 0 saturated carbocycles. The number of aryl methyl sites for hydroxylation is 1. The number of aromatic amines is 1. The Hall–Kier alpha value is -2.51. The summed E-state index contributed by atoms with van der Waals surface area (Å²) in [6.07, 6.45) is -4.48. The number of halogens is 3. The Morgan fingerprint density at radius 2 is 1.95 bits per heavy atom. The van der Waals surface area contributed by atoms with E-state index in [1.807, 2.05) is 0 Å². The number of carbonyl (C=O) groups is 1. The van der Waals surface area contributed by atoms with Crippen LogP contribution in [0.5, 0.6) is 0 Å². The molecular formula is C13H11F3N2O3. The van der Waals surface area contributed by atoms with Gasteiger partial charge in [0.1, 0.15) is 5.56 Å². The Labute approximate surface area is 116 Å². The summed E-state index contributed by atoms with van der Waals surface area (Å²) < 4.78 is 39.5. The second kappa shape index (κ2) is 5.12. The number of aromatic nitrogens is 2. The van der Waals surface area contributed by atoms with Gasteiger partial charge in [0.2, 0.25) is 0 Å². The van der Waals surface area contributed by atoms with Gasteiger partial charge >= 0.3 is 12.1 Å². The number of alkyl halides is 3. The van der Waals surface area contributed by atoms with Crippen molar-refractivity contribution in [2.24, 2.45) is 0 Å². The topological polar surface area (TPSA) is 75.1 Å². The molecule has 0 aliphatic carbocycles. The van der Waals surface area contributed by atoms with Gasteiger partial charge in [-0.2, -0.15) is 13.2 Å². The van der Waals surface area contributed by atoms with Crippen molar-refractivity contribution in [2.75, 3.05) is 0 Å². The predicted molar refractivity (Wildman–Crippen MR) is 67.7 cm³/mol. The maximum atomic E-state index is 13.0. The van der Waals surface area contributed by atoms with Gasteiger partial charge in [0.15, 0.2) is 0 Å². The number of H-pyrrole nitrogens is 1. The van der Waals surface area contributed by atoms with E-state index in [9.17, 15) is 22.8 Å². The minimum absolute atomic E-state index is 0.0736. The average molecular weight is 300 g/mol. The highest BCUT2D eigenvalue weighted by Gasteiger charge is 2.34. The number of nitrogens with one attached hydrogen (secondary N) is 1. The van der Waals surface area contributed by atoms with Crippen molar-refractivity contribution >= 4 is 5.97 Å². The molecule has 0 atom stereocenters. The number of para-hydroxylation sites is 1. The van der Waals surface area contributed by atoms with Crippen molar-refractivity contribution in [1.82, 2.24) is 9.78 Å². The second-order valence-corrected chi connectivity index (χ2v) is 4.28. The van der Waals surface area contributed by atoms with E-state index in [0.29, 0.717) is 4.68 Å². The van der Waals surface area contributed by atoms with Crippen molar-refractivity contribution in [3.05, 3.63) is 51.4 Å². The van der Waals surface area contributed by atoms with Gasteiger partial charge < -0.3 is 5.11 Å². The van der Waals surface area contributed by atoms with Gasteiger partial charge in [0, 0.05) is 0 Å². The monoisotopic (exact) mass is 300 g/mol. The molecule has 0 aliphatic rings. The van der Waals surface area contributed by atoms with Crippen LogP contribution in [0.1, 0.15) is 28.5 Å². The molecule has 21 heavy (non-hydrogen) atoms. The minimum atomic E-state index is -4.66. The third-order valence-corrected chi connectivity index (χ3v) is 2.98. The number of benzene rings is 1. The number of hydrogen-bond donors (Lipinski definition) is 2. The van der Waals surface area contributed by atoms with Crippen LogP contribution in [0, 0.1) is 0 Å². The van der Waals surface area contributed by atoms with E-state index >= 15 is 0 Å². The summed E-state index contributed by atoms with van der Waals surface area (Å²) >= 11 is 0. The number of nitrogens with zero attached hydrogens (tertiary/aromatic N) is 1. The van der Waals surface area contributed by atoms with Gasteiger partial charge in [-0.15, -0.1) is 0 Å². The zero-order chi connectivity index (χ0) is 15.8. The predicted octanol–water partition coefficient (Wildman–Crippen LogP) is 2.45. The standard InChI is InChI=1S/C13H11F3N2O3/c1-2-8-10(12(20)21)11(19)18(17-8)9-6-4-3-5-7(9)13(14,15)16/h3-6,17H,2H2,1H3,(H,20,21). The first kappa shape index (κ1) is 14.9. The Kier molecular flexibility index (Phi) is 3.63. The molecular weight excluding hydrogens is 289 g/mol. The van der Waals surface area contributed by atoms with E-state index in [2.05, 4.69) is 5.10 Å². The molecule has 5 nitrogen and oxygen atoms in total. The lowest BCUT2D eigenvalue weighted by Gasteiger charge is -2.12. The van der Waals surface area contributed by atoms with E-state index in [1.165, 1.54) is 12.1 Å². The number of rotatable bonds is 3. The number of carboxylic acids is 1. The van der Waals surface area contributed by atoms with Crippen molar-refractivity contribution < 1.29 is 23.1 Å². The molecule has 1 aromatic carbocycles. The smallest absolute Gasteiger partial charge is 0.418 e. The fourth-order valence-corrected chi connectivity index (χ4v) is 2.04. The van der Waals surface area contributed by atoms with Crippen LogP contribution in [0.4, 0.5) is 13.2 Å². The minimum Gasteiger partial charge on any atom is -0.477 e. The van der Waals surface area contributed by atoms with E-state index in [0.717, 1.165) is 12.1 Å². The molecule has 0 bridgehead atoms. The van der Waals surface area contributed by atoms with Gasteiger partial charge in [0.05, 0.1) is 16.9 Å². The van der Waals surface area contributed by atoms with Gasteiger partial charge in [0.25, 0.3) is 5.56 Å². The highest BCUT2D eigenvalue weighted by molar-refractivity contribution is 5.88. The molecule has 0 unspecified atom stereocenters. The molecule has 1 aromatic heterocycles. The quantitative estimate of drug-likeness (QED) is 0.914. The number of carboxylic acid groups (broad SMARTS) is 1. The summed E-state index contributed by atoms with van der Waals surface area (Å²) in [6.45, 7) is 1.59. The molecule has 2 rings (SSSR count). The fourth-order valence-electron chi connectivity index (χ4n) is 2.04. The molecule has 1 heterocycles. The van der Waals surface area contributed by atoms with Gasteiger partial charge in [-0.3, -0.25) is 9.89 Å². The van der Waals surface area contributed by atoms with Crippen LogP contribution < -0.4 is 5.56 Å². The zero-order valence-corrected chi connectivity index (χ0v) is 10.9. The van der Waals surface area contributed by atoms with Crippen LogP contribution in [0.3, 0.4) is 0 Å². The Balaban J connectivity index is 2.76. The lowest BCUT2D eigenvalue weighted by molar-refractivity contribution is -0.137. The molecule has 0 radical (unpaired) electrons. The first-order valence-electron chi connectivity index (χ1n) is 6.01. The van der Waals surface area contributed by atoms with Crippen LogP contribution >= 0.6 is 0 Å². The van der Waals surface area contributed by atoms with Gasteiger partial charge in [-0.05, 0) is 18.6 Å². The zero-order valence-electron chi connectivity index (χ0n) is 10.9. The summed E-state index contributed by atoms with van der Waals surface area (Å²) in [5, 5.41) is 11.4. The van der Waals surface area contributed by atoms with E-state index in [-0.39, 0.29) is 12.1 Å². The Morgan fingerprint density at radius 1 is 1.33 bits per heavy atom. The molecule has 0 amide bonds. The second-order valence-electron chi connectivity index (χ2n) is 4.28. The summed E-state index contributed by atoms with van der Waals surface area (Å²) in [6, 6.07) is 4.46. The third-order valence-electron chi connectivity index (χ3n) is 2.98. The summed E-state index contributed by atoms with van der Waals surface area (Å²) in [4.78, 5) is 23.1. The van der Waals surface area contributed by atoms with Crippen molar-refractivity contribution in [3.8, 4) is 5.69 Å². The van der Waals surface area contributed by atoms with Crippen LogP contribution in [0.15, 0.2) is 29.1 Å². The van der Waals surface area contributed by atoms with Crippen LogP contribution in [0.25, 0.3) is 5.69 Å². The van der Waals surface area contributed by atoms with E-state index < -0.39 is 34.5 Å². The molecule has 112 valence electrons. The van der Waals surface area contributed by atoms with Gasteiger partial charge in [-0.25, -0.2) is 9.48 Å². The third kappa shape index (κ3) is 2.56. The lowest BCUT2D eigenvalue weighted by Crippen LogP contribution is -2.22. The van der Waals surface area contributed by atoms with Crippen molar-refractivity contribution in [3.63, 3.8) is 0 Å². The molecule has 0 spiro atoms. The SMILES string of the molecule is CCc1[nH]n(-c2ccccc2C(F)(F)F)c(=O)c1C(=O)O.